The molecule has 0 radical (unpaired) electrons. The molecule has 2 aromatic rings. The topological polar surface area (TPSA) is 42.0 Å². The van der Waals surface area contributed by atoms with Crippen LogP contribution in [0.3, 0.4) is 0 Å². The normalized spacial score (nSPS) is 18.8. The Morgan fingerprint density at radius 2 is 1.58 bits per heavy atom. The van der Waals surface area contributed by atoms with Crippen LogP contribution in [0.4, 0.5) is 4.39 Å². The number of hydrogen-bond donors (Lipinski definition) is 0. The number of hydrogen-bond acceptors (Lipinski definition) is 4. The molecule has 1 aliphatic heterocycles. The van der Waals surface area contributed by atoms with Crippen molar-refractivity contribution in [1.29, 1.82) is 0 Å². The maximum Gasteiger partial charge on any atom is 0.260 e. The van der Waals surface area contributed by atoms with Crippen molar-refractivity contribution in [3.63, 3.8) is 0 Å². The van der Waals surface area contributed by atoms with Crippen LogP contribution in [0, 0.1) is 5.82 Å². The lowest BCUT2D eigenvalue weighted by Crippen LogP contribution is -2.58. The molecule has 0 unspecified atom stereocenters. The molecule has 180 valence electrons. The van der Waals surface area contributed by atoms with Gasteiger partial charge in [-0.25, -0.2) is 4.39 Å². The standard InChI is InChI=1S/C27H37FN2O3/c1-4-5-6-7-16-32-25-12-14-26(15-13-25)33-20-27(31)30-18-21(2)29(17-22(30)3)19-23-8-10-24(28)11-9-23/h8-15,21-22H,4-7,16-20H2,1-3H3/t21-,22+/m1/s1. The Bertz CT molecular complexity index is 857. The number of ether oxygens (including phenoxy) is 2. The molecule has 6 heteroatoms. The molecule has 0 aromatic heterocycles. The lowest BCUT2D eigenvalue weighted by atomic mass is 10.1. The van der Waals surface area contributed by atoms with Crippen LogP contribution in [-0.4, -0.2) is 54.1 Å². The fraction of sp³-hybridized carbons (Fsp3) is 0.519. The van der Waals surface area contributed by atoms with Gasteiger partial charge in [0.1, 0.15) is 17.3 Å². The Morgan fingerprint density at radius 1 is 0.909 bits per heavy atom. The highest BCUT2D eigenvalue weighted by Gasteiger charge is 2.32. The number of carbonyl (C=O) groups excluding carboxylic acids is 1. The summed E-state index contributed by atoms with van der Waals surface area (Å²) >= 11 is 0. The van der Waals surface area contributed by atoms with E-state index in [4.69, 9.17) is 9.47 Å². The fourth-order valence-corrected chi connectivity index (χ4v) is 4.17. The zero-order valence-electron chi connectivity index (χ0n) is 20.1. The van der Waals surface area contributed by atoms with E-state index in [1.54, 1.807) is 0 Å². The Hall–Kier alpha value is -2.60. The lowest BCUT2D eigenvalue weighted by Gasteiger charge is -2.44. The monoisotopic (exact) mass is 456 g/mol. The second-order valence-corrected chi connectivity index (χ2v) is 8.97. The molecule has 5 nitrogen and oxygen atoms in total. The van der Waals surface area contributed by atoms with Gasteiger partial charge in [0.05, 0.1) is 6.61 Å². The number of rotatable bonds is 11. The first-order valence-corrected chi connectivity index (χ1v) is 12.1. The van der Waals surface area contributed by atoms with Gasteiger partial charge in [-0.15, -0.1) is 0 Å². The number of carbonyl (C=O) groups is 1. The second-order valence-electron chi connectivity index (χ2n) is 8.97. The summed E-state index contributed by atoms with van der Waals surface area (Å²) in [5, 5.41) is 0. The van der Waals surface area contributed by atoms with Crippen molar-refractivity contribution < 1.29 is 18.7 Å². The molecular formula is C27H37FN2O3. The van der Waals surface area contributed by atoms with Crippen molar-refractivity contribution in [2.45, 2.75) is 65.1 Å². The van der Waals surface area contributed by atoms with Crippen molar-refractivity contribution in [1.82, 2.24) is 9.80 Å². The Kier molecular flexibility index (Phi) is 9.55. The summed E-state index contributed by atoms with van der Waals surface area (Å²) in [4.78, 5) is 17.1. The molecule has 1 amide bonds. The third-order valence-corrected chi connectivity index (χ3v) is 6.19. The Balaban J connectivity index is 1.43. The van der Waals surface area contributed by atoms with E-state index < -0.39 is 0 Å². The van der Waals surface area contributed by atoms with Crippen LogP contribution in [0.25, 0.3) is 0 Å². The minimum atomic E-state index is -0.222. The number of piperazine rings is 1. The number of benzene rings is 2. The molecule has 33 heavy (non-hydrogen) atoms. The van der Waals surface area contributed by atoms with Crippen LogP contribution < -0.4 is 9.47 Å². The van der Waals surface area contributed by atoms with E-state index in [9.17, 15) is 9.18 Å². The van der Waals surface area contributed by atoms with Crippen molar-refractivity contribution in [2.24, 2.45) is 0 Å². The number of unbranched alkanes of at least 4 members (excludes halogenated alkanes) is 3. The second kappa shape index (κ2) is 12.6. The molecule has 0 N–H and O–H groups in total. The van der Waals surface area contributed by atoms with E-state index in [-0.39, 0.29) is 30.4 Å². The van der Waals surface area contributed by atoms with Gasteiger partial charge in [0.15, 0.2) is 6.61 Å². The highest BCUT2D eigenvalue weighted by Crippen LogP contribution is 2.21. The van der Waals surface area contributed by atoms with Gasteiger partial charge in [-0.3, -0.25) is 9.69 Å². The van der Waals surface area contributed by atoms with Crippen molar-refractivity contribution in [2.75, 3.05) is 26.3 Å². The van der Waals surface area contributed by atoms with Crippen molar-refractivity contribution >= 4 is 5.91 Å². The molecule has 1 heterocycles. The van der Waals surface area contributed by atoms with Crippen molar-refractivity contribution in [3.8, 4) is 11.5 Å². The van der Waals surface area contributed by atoms with Gasteiger partial charge < -0.3 is 14.4 Å². The summed E-state index contributed by atoms with van der Waals surface area (Å²) in [5.74, 6) is 1.26. The van der Waals surface area contributed by atoms with E-state index in [1.807, 2.05) is 41.3 Å². The molecule has 1 aliphatic rings. The molecular weight excluding hydrogens is 419 g/mol. The molecule has 2 atom stereocenters. The van der Waals surface area contributed by atoms with Crippen molar-refractivity contribution in [3.05, 3.63) is 59.9 Å². The number of nitrogens with zero attached hydrogens (tertiary/aromatic N) is 2. The molecule has 3 rings (SSSR count). The summed E-state index contributed by atoms with van der Waals surface area (Å²) in [7, 11) is 0. The van der Waals surface area contributed by atoms with Gasteiger partial charge in [-0.2, -0.15) is 0 Å². The first-order valence-electron chi connectivity index (χ1n) is 12.1. The van der Waals surface area contributed by atoms with Gasteiger partial charge in [-0.1, -0.05) is 38.3 Å². The number of amides is 1. The minimum Gasteiger partial charge on any atom is -0.494 e. The van der Waals surface area contributed by atoms with E-state index in [1.165, 1.54) is 31.4 Å². The summed E-state index contributed by atoms with van der Waals surface area (Å²) in [6, 6.07) is 14.4. The molecule has 0 saturated carbocycles. The largest absolute Gasteiger partial charge is 0.494 e. The zero-order valence-corrected chi connectivity index (χ0v) is 20.1. The SMILES string of the molecule is CCCCCCOc1ccc(OCC(=O)N2C[C@@H](C)N(Cc3ccc(F)cc3)C[C@@H]2C)cc1. The van der Waals surface area contributed by atoms with Gasteiger partial charge in [0.2, 0.25) is 0 Å². The maximum absolute atomic E-state index is 13.2. The molecule has 0 aliphatic carbocycles. The lowest BCUT2D eigenvalue weighted by molar-refractivity contribution is -0.139. The van der Waals surface area contributed by atoms with Crippen LogP contribution in [-0.2, 0) is 11.3 Å². The summed E-state index contributed by atoms with van der Waals surface area (Å²) < 4.78 is 24.7. The third kappa shape index (κ3) is 7.74. The van der Waals surface area contributed by atoms with Crippen LogP contribution in [0.5, 0.6) is 11.5 Å². The van der Waals surface area contributed by atoms with Crippen LogP contribution in [0.2, 0.25) is 0 Å². The van der Waals surface area contributed by atoms with Crippen LogP contribution in [0.15, 0.2) is 48.5 Å². The zero-order chi connectivity index (χ0) is 23.6. The predicted octanol–water partition coefficient (Wildman–Crippen LogP) is 5.29. The van der Waals surface area contributed by atoms with Gasteiger partial charge in [-0.05, 0) is 62.2 Å². The summed E-state index contributed by atoms with van der Waals surface area (Å²) in [6.07, 6.45) is 4.71. The summed E-state index contributed by atoms with van der Waals surface area (Å²) in [5.41, 5.74) is 1.08. The first kappa shape index (κ1) is 25.0. The highest BCUT2D eigenvalue weighted by atomic mass is 19.1. The van der Waals surface area contributed by atoms with Gasteiger partial charge in [0.25, 0.3) is 5.91 Å². The van der Waals surface area contributed by atoms with Crippen LogP contribution in [0.1, 0.15) is 52.0 Å². The quantitative estimate of drug-likeness (QED) is 0.431. The first-order chi connectivity index (χ1) is 16.0. The fourth-order valence-electron chi connectivity index (χ4n) is 4.17. The Morgan fingerprint density at radius 3 is 2.24 bits per heavy atom. The molecule has 1 saturated heterocycles. The average Bonchev–Trinajstić information content (AvgIpc) is 2.81. The average molecular weight is 457 g/mol. The molecule has 1 fully saturated rings. The van der Waals surface area contributed by atoms with E-state index in [0.717, 1.165) is 37.4 Å². The van der Waals surface area contributed by atoms with E-state index >= 15 is 0 Å². The summed E-state index contributed by atoms with van der Waals surface area (Å²) in [6.45, 7) is 9.29. The van der Waals surface area contributed by atoms with Gasteiger partial charge >= 0.3 is 0 Å². The maximum atomic E-state index is 13.2. The molecule has 2 aromatic carbocycles. The molecule has 0 spiro atoms. The predicted molar refractivity (Wildman–Crippen MR) is 129 cm³/mol. The Labute approximate surface area is 197 Å². The third-order valence-electron chi connectivity index (χ3n) is 6.19. The highest BCUT2D eigenvalue weighted by molar-refractivity contribution is 5.78. The number of halogens is 1. The minimum absolute atomic E-state index is 0.00738. The van der Waals surface area contributed by atoms with E-state index in [2.05, 4.69) is 25.7 Å². The van der Waals surface area contributed by atoms with Crippen LogP contribution >= 0.6 is 0 Å². The van der Waals surface area contributed by atoms with Gasteiger partial charge in [0, 0.05) is 31.7 Å². The molecule has 0 bridgehead atoms. The smallest absolute Gasteiger partial charge is 0.260 e. The van der Waals surface area contributed by atoms with E-state index in [0.29, 0.717) is 12.3 Å².